The fraction of sp³-hybridized carbons (Fsp3) is 0.591. The lowest BCUT2D eigenvalue weighted by atomic mass is 9.77. The van der Waals surface area contributed by atoms with Crippen LogP contribution in [0.4, 0.5) is 18.0 Å². The molecule has 2 fully saturated rings. The molecule has 2 aliphatic rings. The molecule has 1 aromatic carbocycles. The Hall–Kier alpha value is -2.78. The number of urea groups is 1. The van der Waals surface area contributed by atoms with E-state index in [1.54, 1.807) is 10.6 Å². The van der Waals surface area contributed by atoms with Crippen LogP contribution >= 0.6 is 0 Å². The van der Waals surface area contributed by atoms with Crippen molar-refractivity contribution in [1.29, 1.82) is 0 Å². The summed E-state index contributed by atoms with van der Waals surface area (Å²) in [7, 11) is 0. The second kappa shape index (κ2) is 8.63. The Morgan fingerprint density at radius 1 is 1.19 bits per heavy atom. The summed E-state index contributed by atoms with van der Waals surface area (Å²) in [5, 5.41) is 3.49. The van der Waals surface area contributed by atoms with Gasteiger partial charge in [-0.05, 0) is 56.4 Å². The number of nitrogens with one attached hydrogen (secondary N) is 2. The maximum absolute atomic E-state index is 14.1. The summed E-state index contributed by atoms with van der Waals surface area (Å²) >= 11 is 0. The quantitative estimate of drug-likeness (QED) is 0.661. The van der Waals surface area contributed by atoms with Crippen molar-refractivity contribution in [2.75, 3.05) is 0 Å². The number of benzene rings is 1. The Labute approximate surface area is 184 Å². The molecule has 1 saturated carbocycles. The minimum absolute atomic E-state index is 0.107. The van der Waals surface area contributed by atoms with Gasteiger partial charge in [0.05, 0.1) is 6.10 Å². The average Bonchev–Trinajstić information content (AvgIpc) is 2.95. The highest BCUT2D eigenvalue weighted by Gasteiger charge is 2.69. The first kappa shape index (κ1) is 23.9. The van der Waals surface area contributed by atoms with Gasteiger partial charge in [0.15, 0.2) is 0 Å². The predicted octanol–water partition coefficient (Wildman–Crippen LogP) is 3.84. The normalized spacial score (nSPS) is 28.6. The van der Waals surface area contributed by atoms with E-state index in [0.29, 0.717) is 23.5 Å². The van der Waals surface area contributed by atoms with Gasteiger partial charge in [0.25, 0.3) is 17.5 Å². The molecule has 7 nitrogen and oxygen atoms in total. The molecule has 0 radical (unpaired) electrons. The SMILES string of the molecule is CC(C)Oc1ccc(C(=O)N[C@@]2(C(F)(F)F)NC(=O)N([C@@H]3CCC[C@@H](C)[C@H]3C)C2=O)cc1. The van der Waals surface area contributed by atoms with Crippen molar-refractivity contribution in [2.24, 2.45) is 11.8 Å². The van der Waals surface area contributed by atoms with Crippen molar-refractivity contribution in [3.05, 3.63) is 29.8 Å². The Kier molecular flexibility index (Phi) is 6.44. The van der Waals surface area contributed by atoms with Gasteiger partial charge >= 0.3 is 12.2 Å². The number of alkyl halides is 3. The number of imide groups is 1. The summed E-state index contributed by atoms with van der Waals surface area (Å²) in [6.07, 6.45) is -3.37. The summed E-state index contributed by atoms with van der Waals surface area (Å²) in [4.78, 5) is 39.0. The molecule has 1 aliphatic heterocycles. The maximum Gasteiger partial charge on any atom is 0.440 e. The van der Waals surface area contributed by atoms with Crippen molar-refractivity contribution >= 4 is 17.8 Å². The molecule has 1 aromatic rings. The van der Waals surface area contributed by atoms with Gasteiger partial charge in [0, 0.05) is 11.6 Å². The molecule has 1 heterocycles. The van der Waals surface area contributed by atoms with E-state index in [4.69, 9.17) is 4.74 Å². The van der Waals surface area contributed by atoms with Crippen LogP contribution in [0.25, 0.3) is 0 Å². The van der Waals surface area contributed by atoms with E-state index in [9.17, 15) is 27.6 Å². The molecule has 4 amide bonds. The summed E-state index contributed by atoms with van der Waals surface area (Å²) in [5.74, 6) is -2.21. The topological polar surface area (TPSA) is 87.7 Å². The standard InChI is InChI=1S/C22H28F3N3O4/c1-12(2)32-16-10-8-15(9-11-16)18(29)26-21(22(23,24)25)19(30)28(20(31)27-21)17-7-5-6-13(3)14(17)4/h8-14,17H,5-7H2,1-4H3,(H,26,29)(H,27,31)/t13-,14-,17-,21-/m1/s1. The van der Waals surface area contributed by atoms with Gasteiger partial charge in [-0.15, -0.1) is 0 Å². The molecule has 4 atom stereocenters. The van der Waals surface area contributed by atoms with Crippen LogP contribution in [0.3, 0.4) is 0 Å². The molecule has 0 spiro atoms. The highest BCUT2D eigenvalue weighted by Crippen LogP contribution is 2.39. The van der Waals surface area contributed by atoms with Crippen molar-refractivity contribution in [2.45, 2.75) is 70.9 Å². The minimum Gasteiger partial charge on any atom is -0.491 e. The monoisotopic (exact) mass is 455 g/mol. The van der Waals surface area contributed by atoms with Crippen LogP contribution in [0.15, 0.2) is 24.3 Å². The molecule has 0 aromatic heterocycles. The van der Waals surface area contributed by atoms with Crippen molar-refractivity contribution in [3.63, 3.8) is 0 Å². The average molecular weight is 455 g/mol. The van der Waals surface area contributed by atoms with E-state index in [2.05, 4.69) is 0 Å². The lowest BCUT2D eigenvalue weighted by Crippen LogP contribution is -2.69. The Morgan fingerprint density at radius 2 is 1.81 bits per heavy atom. The van der Waals surface area contributed by atoms with Gasteiger partial charge in [-0.3, -0.25) is 19.8 Å². The Balaban J connectivity index is 1.88. The molecule has 3 rings (SSSR count). The number of carbonyl (C=O) groups excluding carboxylic acids is 3. The first-order valence-electron chi connectivity index (χ1n) is 10.7. The van der Waals surface area contributed by atoms with Crippen LogP contribution in [-0.4, -0.2) is 46.7 Å². The van der Waals surface area contributed by atoms with Crippen LogP contribution in [0.1, 0.15) is 57.3 Å². The molecule has 1 saturated heterocycles. The van der Waals surface area contributed by atoms with E-state index in [0.717, 1.165) is 6.42 Å². The smallest absolute Gasteiger partial charge is 0.440 e. The second-order valence-corrected chi connectivity index (χ2v) is 8.83. The molecule has 32 heavy (non-hydrogen) atoms. The number of ether oxygens (including phenoxy) is 1. The number of hydrogen-bond donors (Lipinski definition) is 2. The fourth-order valence-electron chi connectivity index (χ4n) is 4.31. The molecule has 0 bridgehead atoms. The van der Waals surface area contributed by atoms with Crippen LogP contribution < -0.4 is 15.4 Å². The molecule has 0 unspecified atom stereocenters. The third kappa shape index (κ3) is 4.27. The van der Waals surface area contributed by atoms with Gasteiger partial charge in [-0.1, -0.05) is 26.7 Å². The zero-order chi connectivity index (χ0) is 23.8. The minimum atomic E-state index is -5.24. The molecule has 2 N–H and O–H groups in total. The van der Waals surface area contributed by atoms with Crippen LogP contribution in [-0.2, 0) is 4.79 Å². The van der Waals surface area contributed by atoms with E-state index < -0.39 is 35.7 Å². The molecule has 1 aliphatic carbocycles. The van der Waals surface area contributed by atoms with Gasteiger partial charge in [0.2, 0.25) is 0 Å². The number of rotatable bonds is 5. The first-order chi connectivity index (χ1) is 14.9. The molecular weight excluding hydrogens is 427 g/mol. The molecule has 176 valence electrons. The Morgan fingerprint density at radius 3 is 2.38 bits per heavy atom. The number of halogens is 3. The molecular formula is C22H28F3N3O4. The molecule has 10 heteroatoms. The van der Waals surface area contributed by atoms with Crippen molar-refractivity contribution in [3.8, 4) is 5.75 Å². The van der Waals surface area contributed by atoms with Crippen LogP contribution in [0.5, 0.6) is 5.75 Å². The summed E-state index contributed by atoms with van der Waals surface area (Å²) < 4.78 is 47.9. The fourth-order valence-corrected chi connectivity index (χ4v) is 4.31. The van der Waals surface area contributed by atoms with E-state index in [-0.39, 0.29) is 23.5 Å². The number of hydrogen-bond acceptors (Lipinski definition) is 4. The number of carbonyl (C=O) groups is 3. The van der Waals surface area contributed by atoms with Crippen LogP contribution in [0, 0.1) is 11.8 Å². The van der Waals surface area contributed by atoms with Crippen molar-refractivity contribution < 1.29 is 32.3 Å². The zero-order valence-electron chi connectivity index (χ0n) is 18.5. The summed E-state index contributed by atoms with van der Waals surface area (Å²) in [6, 6.07) is 3.66. The number of nitrogens with zero attached hydrogens (tertiary/aromatic N) is 1. The highest BCUT2D eigenvalue weighted by molar-refractivity contribution is 6.10. The largest absolute Gasteiger partial charge is 0.491 e. The van der Waals surface area contributed by atoms with Gasteiger partial charge in [-0.2, -0.15) is 13.2 Å². The third-order valence-electron chi connectivity index (χ3n) is 6.26. The van der Waals surface area contributed by atoms with Gasteiger partial charge < -0.3 is 10.1 Å². The Bertz CT molecular complexity index is 887. The third-order valence-corrected chi connectivity index (χ3v) is 6.26. The number of amides is 4. The van der Waals surface area contributed by atoms with Gasteiger partial charge in [0.1, 0.15) is 5.75 Å². The van der Waals surface area contributed by atoms with Crippen molar-refractivity contribution in [1.82, 2.24) is 15.5 Å². The van der Waals surface area contributed by atoms with Gasteiger partial charge in [-0.25, -0.2) is 4.79 Å². The maximum atomic E-state index is 14.1. The summed E-state index contributed by atoms with van der Waals surface area (Å²) in [5.41, 5.74) is -3.63. The van der Waals surface area contributed by atoms with Crippen LogP contribution in [0.2, 0.25) is 0 Å². The van der Waals surface area contributed by atoms with E-state index in [1.165, 1.54) is 24.3 Å². The summed E-state index contributed by atoms with van der Waals surface area (Å²) in [6.45, 7) is 7.38. The first-order valence-corrected chi connectivity index (χ1v) is 10.7. The van der Waals surface area contributed by atoms with E-state index in [1.807, 2.05) is 27.7 Å². The lowest BCUT2D eigenvalue weighted by molar-refractivity contribution is -0.201. The predicted molar refractivity (Wildman–Crippen MR) is 110 cm³/mol. The zero-order valence-corrected chi connectivity index (χ0v) is 18.5. The second-order valence-electron chi connectivity index (χ2n) is 8.83. The van der Waals surface area contributed by atoms with E-state index >= 15 is 0 Å². The highest BCUT2D eigenvalue weighted by atomic mass is 19.4. The lowest BCUT2D eigenvalue weighted by Gasteiger charge is -2.38.